The summed E-state index contributed by atoms with van der Waals surface area (Å²) in [5.41, 5.74) is 2.21. The fourth-order valence-electron chi connectivity index (χ4n) is 1.59. The van der Waals surface area contributed by atoms with Crippen LogP contribution in [-0.4, -0.2) is 10.9 Å². The number of halogens is 1. The number of pyridine rings is 1. The summed E-state index contributed by atoms with van der Waals surface area (Å²) in [6.07, 6.45) is 0. The minimum atomic E-state index is -0.182. The van der Waals surface area contributed by atoms with Crippen LogP contribution in [0.1, 0.15) is 21.7 Å². The summed E-state index contributed by atoms with van der Waals surface area (Å²) in [4.78, 5) is 16.0. The highest BCUT2D eigenvalue weighted by molar-refractivity contribution is 6.30. The van der Waals surface area contributed by atoms with Crippen molar-refractivity contribution in [2.75, 3.05) is 0 Å². The van der Waals surface area contributed by atoms with Gasteiger partial charge in [-0.25, -0.2) is 4.98 Å². The maximum absolute atomic E-state index is 11.8. The molecule has 0 spiro atoms. The van der Waals surface area contributed by atoms with Crippen LogP contribution in [0.25, 0.3) is 0 Å². The van der Waals surface area contributed by atoms with Crippen molar-refractivity contribution < 1.29 is 4.79 Å². The number of nitrogens with zero attached hydrogens (tertiary/aromatic N) is 1. The van der Waals surface area contributed by atoms with Crippen LogP contribution in [0.4, 0.5) is 0 Å². The van der Waals surface area contributed by atoms with E-state index in [-0.39, 0.29) is 5.91 Å². The molecule has 0 saturated carbocycles. The number of aryl methyl sites for hydroxylation is 1. The first kappa shape index (κ1) is 12.6. The monoisotopic (exact) mass is 260 g/mol. The minimum absolute atomic E-state index is 0.182. The lowest BCUT2D eigenvalue weighted by Gasteiger charge is -2.05. The molecule has 1 amide bonds. The van der Waals surface area contributed by atoms with Gasteiger partial charge in [0.05, 0.1) is 0 Å². The van der Waals surface area contributed by atoms with Crippen molar-refractivity contribution in [2.24, 2.45) is 0 Å². The van der Waals surface area contributed by atoms with E-state index in [2.05, 4.69) is 10.3 Å². The van der Waals surface area contributed by atoms with Crippen LogP contribution in [0.3, 0.4) is 0 Å². The zero-order valence-corrected chi connectivity index (χ0v) is 10.7. The Kier molecular flexibility index (Phi) is 3.95. The Morgan fingerprint density at radius 3 is 2.78 bits per heavy atom. The minimum Gasteiger partial charge on any atom is -0.347 e. The number of hydrogen-bond donors (Lipinski definition) is 1. The molecule has 0 aliphatic rings. The Labute approximate surface area is 111 Å². The van der Waals surface area contributed by atoms with Crippen molar-refractivity contribution in [3.63, 3.8) is 0 Å². The van der Waals surface area contributed by atoms with Crippen LogP contribution in [0.5, 0.6) is 0 Å². The van der Waals surface area contributed by atoms with Gasteiger partial charge in [-0.3, -0.25) is 4.79 Å². The molecule has 4 heteroatoms. The number of carbonyl (C=O) groups excluding carboxylic acids is 1. The third kappa shape index (κ3) is 3.31. The molecule has 0 atom stereocenters. The summed E-state index contributed by atoms with van der Waals surface area (Å²) in [6.45, 7) is 2.29. The number of rotatable bonds is 3. The molecule has 1 aromatic heterocycles. The van der Waals surface area contributed by atoms with Crippen molar-refractivity contribution in [3.8, 4) is 0 Å². The fraction of sp³-hybridized carbons (Fsp3) is 0.143. The van der Waals surface area contributed by atoms with Crippen LogP contribution in [0, 0.1) is 6.92 Å². The average Bonchev–Trinajstić information content (AvgIpc) is 2.36. The summed E-state index contributed by atoms with van der Waals surface area (Å²) in [6, 6.07) is 12.8. The van der Waals surface area contributed by atoms with E-state index in [0.717, 1.165) is 11.3 Å². The molecule has 0 unspecified atom stereocenters. The van der Waals surface area contributed by atoms with E-state index >= 15 is 0 Å². The van der Waals surface area contributed by atoms with Gasteiger partial charge in [-0.15, -0.1) is 0 Å². The molecule has 0 bridgehead atoms. The molecule has 0 fully saturated rings. The normalized spacial score (nSPS) is 10.1. The molecule has 0 aliphatic carbocycles. The predicted octanol–water partition coefficient (Wildman–Crippen LogP) is 2.97. The molecule has 2 rings (SSSR count). The third-order valence-electron chi connectivity index (χ3n) is 2.46. The molecular formula is C14H13ClN2O. The van der Waals surface area contributed by atoms with Gasteiger partial charge in [0.1, 0.15) is 5.69 Å². The maximum Gasteiger partial charge on any atom is 0.270 e. The molecule has 18 heavy (non-hydrogen) atoms. The fourth-order valence-corrected chi connectivity index (χ4v) is 1.80. The Morgan fingerprint density at radius 2 is 2.06 bits per heavy atom. The molecule has 3 nitrogen and oxygen atoms in total. The second kappa shape index (κ2) is 5.65. The summed E-state index contributed by atoms with van der Waals surface area (Å²) in [5, 5.41) is 3.47. The number of nitrogens with one attached hydrogen (secondary N) is 1. The molecule has 1 aromatic carbocycles. The van der Waals surface area contributed by atoms with E-state index in [4.69, 9.17) is 11.6 Å². The van der Waals surface area contributed by atoms with E-state index in [0.29, 0.717) is 17.3 Å². The van der Waals surface area contributed by atoms with E-state index in [1.165, 1.54) is 0 Å². The van der Waals surface area contributed by atoms with Gasteiger partial charge in [-0.1, -0.05) is 29.8 Å². The van der Waals surface area contributed by atoms with E-state index in [1.54, 1.807) is 12.1 Å². The van der Waals surface area contributed by atoms with Crippen molar-refractivity contribution in [1.82, 2.24) is 10.3 Å². The summed E-state index contributed by atoms with van der Waals surface area (Å²) >= 11 is 5.87. The lowest BCUT2D eigenvalue weighted by molar-refractivity contribution is 0.0945. The highest BCUT2D eigenvalue weighted by atomic mass is 35.5. The molecule has 0 saturated heterocycles. The highest BCUT2D eigenvalue weighted by Crippen LogP contribution is 2.10. The Bertz CT molecular complexity index is 569. The number of benzene rings is 1. The first-order valence-corrected chi connectivity index (χ1v) is 5.99. The summed E-state index contributed by atoms with van der Waals surface area (Å²) < 4.78 is 0. The first-order chi connectivity index (χ1) is 8.65. The van der Waals surface area contributed by atoms with Crippen molar-refractivity contribution in [1.29, 1.82) is 0 Å². The van der Waals surface area contributed by atoms with Crippen LogP contribution in [0.2, 0.25) is 5.02 Å². The Balaban J connectivity index is 2.00. The van der Waals surface area contributed by atoms with E-state index in [1.807, 2.05) is 37.3 Å². The van der Waals surface area contributed by atoms with Gasteiger partial charge in [0.2, 0.25) is 0 Å². The van der Waals surface area contributed by atoms with Crippen LogP contribution < -0.4 is 5.32 Å². The topological polar surface area (TPSA) is 42.0 Å². The summed E-state index contributed by atoms with van der Waals surface area (Å²) in [5.74, 6) is -0.182. The second-order valence-electron chi connectivity index (χ2n) is 3.98. The molecule has 0 radical (unpaired) electrons. The largest absolute Gasteiger partial charge is 0.347 e. The van der Waals surface area contributed by atoms with Gasteiger partial charge >= 0.3 is 0 Å². The molecule has 0 aliphatic heterocycles. The Hall–Kier alpha value is -1.87. The SMILES string of the molecule is Cc1cccc(C(=O)NCc2cccc(Cl)c2)n1. The van der Waals surface area contributed by atoms with Gasteiger partial charge in [0.15, 0.2) is 0 Å². The van der Waals surface area contributed by atoms with Crippen LogP contribution >= 0.6 is 11.6 Å². The van der Waals surface area contributed by atoms with Gasteiger partial charge in [-0.2, -0.15) is 0 Å². The van der Waals surface area contributed by atoms with Gasteiger partial charge in [0, 0.05) is 17.3 Å². The summed E-state index contributed by atoms with van der Waals surface area (Å²) in [7, 11) is 0. The lowest BCUT2D eigenvalue weighted by atomic mass is 10.2. The number of hydrogen-bond acceptors (Lipinski definition) is 2. The zero-order chi connectivity index (χ0) is 13.0. The smallest absolute Gasteiger partial charge is 0.270 e. The van der Waals surface area contributed by atoms with Gasteiger partial charge in [-0.05, 0) is 36.8 Å². The molecule has 92 valence electrons. The van der Waals surface area contributed by atoms with Crippen molar-refractivity contribution in [2.45, 2.75) is 13.5 Å². The first-order valence-electron chi connectivity index (χ1n) is 5.61. The highest BCUT2D eigenvalue weighted by Gasteiger charge is 2.06. The number of carbonyl (C=O) groups is 1. The average molecular weight is 261 g/mol. The molecular weight excluding hydrogens is 248 g/mol. The lowest BCUT2D eigenvalue weighted by Crippen LogP contribution is -2.23. The quantitative estimate of drug-likeness (QED) is 0.922. The third-order valence-corrected chi connectivity index (χ3v) is 2.70. The van der Waals surface area contributed by atoms with E-state index < -0.39 is 0 Å². The predicted molar refractivity (Wildman–Crippen MR) is 71.6 cm³/mol. The molecule has 1 N–H and O–H groups in total. The standard InChI is InChI=1S/C14H13ClN2O/c1-10-4-2-7-13(17-10)14(18)16-9-11-5-3-6-12(15)8-11/h2-8H,9H2,1H3,(H,16,18). The van der Waals surface area contributed by atoms with Crippen LogP contribution in [0.15, 0.2) is 42.5 Å². The molecule has 1 heterocycles. The van der Waals surface area contributed by atoms with Crippen LogP contribution in [-0.2, 0) is 6.54 Å². The molecule has 2 aromatic rings. The van der Waals surface area contributed by atoms with Crippen molar-refractivity contribution >= 4 is 17.5 Å². The number of aromatic nitrogens is 1. The maximum atomic E-state index is 11.8. The van der Waals surface area contributed by atoms with E-state index in [9.17, 15) is 4.79 Å². The van der Waals surface area contributed by atoms with Crippen molar-refractivity contribution in [3.05, 3.63) is 64.4 Å². The Morgan fingerprint density at radius 1 is 1.28 bits per heavy atom. The number of amides is 1. The van der Waals surface area contributed by atoms with Gasteiger partial charge in [0.25, 0.3) is 5.91 Å². The zero-order valence-electron chi connectivity index (χ0n) is 9.98. The second-order valence-corrected chi connectivity index (χ2v) is 4.41. The van der Waals surface area contributed by atoms with Gasteiger partial charge < -0.3 is 5.32 Å².